The maximum absolute atomic E-state index is 13.0. The Bertz CT molecular complexity index is 872. The SMILES string of the molecule is CCCc1nn(Cc2ccccc2)c(CC)c1C(=O)NCc1ccccn1. The van der Waals surface area contributed by atoms with Crippen molar-refractivity contribution in [1.29, 1.82) is 0 Å². The van der Waals surface area contributed by atoms with Gasteiger partial charge in [-0.05, 0) is 30.5 Å². The molecule has 0 spiro atoms. The molecule has 0 radical (unpaired) electrons. The quantitative estimate of drug-likeness (QED) is 0.663. The number of nitrogens with zero attached hydrogens (tertiary/aromatic N) is 3. The number of carbonyl (C=O) groups excluding carboxylic acids is 1. The fourth-order valence-electron chi connectivity index (χ4n) is 3.23. The van der Waals surface area contributed by atoms with Gasteiger partial charge in [0.2, 0.25) is 0 Å². The van der Waals surface area contributed by atoms with Crippen LogP contribution < -0.4 is 5.32 Å². The average molecular weight is 362 g/mol. The summed E-state index contributed by atoms with van der Waals surface area (Å²) in [5.41, 5.74) is 4.62. The van der Waals surface area contributed by atoms with Gasteiger partial charge in [0.05, 0.1) is 35.7 Å². The van der Waals surface area contributed by atoms with Crippen molar-refractivity contribution in [2.45, 2.75) is 46.2 Å². The number of hydrogen-bond donors (Lipinski definition) is 1. The van der Waals surface area contributed by atoms with Crippen molar-refractivity contribution in [1.82, 2.24) is 20.1 Å². The molecule has 5 heteroatoms. The van der Waals surface area contributed by atoms with Gasteiger partial charge in [-0.25, -0.2) is 0 Å². The van der Waals surface area contributed by atoms with Crippen LogP contribution in [0.25, 0.3) is 0 Å². The second-order valence-corrected chi connectivity index (χ2v) is 6.52. The number of pyridine rings is 1. The van der Waals surface area contributed by atoms with Crippen LogP contribution in [0.4, 0.5) is 0 Å². The van der Waals surface area contributed by atoms with Crippen LogP contribution in [0, 0.1) is 0 Å². The van der Waals surface area contributed by atoms with Crippen molar-refractivity contribution in [3.63, 3.8) is 0 Å². The highest BCUT2D eigenvalue weighted by molar-refractivity contribution is 5.96. The van der Waals surface area contributed by atoms with E-state index in [0.29, 0.717) is 13.1 Å². The lowest BCUT2D eigenvalue weighted by molar-refractivity contribution is 0.0948. The molecule has 0 saturated heterocycles. The van der Waals surface area contributed by atoms with E-state index in [4.69, 9.17) is 5.10 Å². The van der Waals surface area contributed by atoms with Crippen LogP contribution in [0.1, 0.15) is 53.3 Å². The van der Waals surface area contributed by atoms with E-state index < -0.39 is 0 Å². The summed E-state index contributed by atoms with van der Waals surface area (Å²) in [7, 11) is 0. The molecule has 140 valence electrons. The molecular weight excluding hydrogens is 336 g/mol. The summed E-state index contributed by atoms with van der Waals surface area (Å²) in [5.74, 6) is -0.0692. The van der Waals surface area contributed by atoms with Crippen molar-refractivity contribution < 1.29 is 4.79 Å². The normalized spacial score (nSPS) is 10.7. The van der Waals surface area contributed by atoms with E-state index in [0.717, 1.165) is 41.9 Å². The number of rotatable bonds is 8. The third-order valence-corrected chi connectivity index (χ3v) is 4.51. The zero-order chi connectivity index (χ0) is 19.1. The molecule has 1 aromatic carbocycles. The molecule has 0 atom stereocenters. The number of carbonyl (C=O) groups is 1. The Kier molecular flexibility index (Phi) is 6.36. The fraction of sp³-hybridized carbons (Fsp3) is 0.318. The molecular formula is C22H26N4O. The van der Waals surface area contributed by atoms with E-state index >= 15 is 0 Å². The van der Waals surface area contributed by atoms with Gasteiger partial charge in [0.15, 0.2) is 0 Å². The van der Waals surface area contributed by atoms with Gasteiger partial charge in [-0.1, -0.05) is 56.7 Å². The molecule has 3 aromatic rings. The molecule has 0 aliphatic rings. The Morgan fingerprint density at radius 2 is 1.85 bits per heavy atom. The number of amides is 1. The van der Waals surface area contributed by atoms with E-state index in [1.54, 1.807) is 6.20 Å². The molecule has 0 unspecified atom stereocenters. The lowest BCUT2D eigenvalue weighted by atomic mass is 10.1. The third kappa shape index (κ3) is 4.61. The summed E-state index contributed by atoms with van der Waals surface area (Å²) in [5, 5.41) is 7.79. The van der Waals surface area contributed by atoms with Crippen molar-refractivity contribution in [3.8, 4) is 0 Å². The van der Waals surface area contributed by atoms with Gasteiger partial charge in [-0.2, -0.15) is 5.10 Å². The predicted octanol–water partition coefficient (Wildman–Crippen LogP) is 3.77. The maximum atomic E-state index is 13.0. The van der Waals surface area contributed by atoms with E-state index in [-0.39, 0.29) is 5.91 Å². The maximum Gasteiger partial charge on any atom is 0.255 e. The zero-order valence-electron chi connectivity index (χ0n) is 16.0. The van der Waals surface area contributed by atoms with Crippen LogP contribution in [0.5, 0.6) is 0 Å². The third-order valence-electron chi connectivity index (χ3n) is 4.51. The summed E-state index contributed by atoms with van der Waals surface area (Å²) >= 11 is 0. The monoisotopic (exact) mass is 362 g/mol. The number of nitrogens with one attached hydrogen (secondary N) is 1. The highest BCUT2D eigenvalue weighted by atomic mass is 16.1. The standard InChI is InChI=1S/C22H26N4O/c1-3-10-19-21(22(27)24-15-18-13-8-9-14-23-18)20(4-2)26(25-19)16-17-11-6-5-7-12-17/h5-9,11-14H,3-4,10,15-16H2,1-2H3,(H,24,27). The second-order valence-electron chi connectivity index (χ2n) is 6.52. The van der Waals surface area contributed by atoms with Crippen LogP contribution in [-0.2, 0) is 25.9 Å². The summed E-state index contributed by atoms with van der Waals surface area (Å²) < 4.78 is 1.98. The first-order chi connectivity index (χ1) is 13.2. The van der Waals surface area contributed by atoms with Gasteiger partial charge in [0.25, 0.3) is 5.91 Å². The molecule has 3 rings (SSSR count). The molecule has 2 heterocycles. The average Bonchev–Trinajstić information content (AvgIpc) is 3.05. The molecule has 1 amide bonds. The lowest BCUT2D eigenvalue weighted by Crippen LogP contribution is -2.25. The number of aryl methyl sites for hydroxylation is 1. The second kappa shape index (κ2) is 9.12. The van der Waals surface area contributed by atoms with Crippen molar-refractivity contribution in [3.05, 3.63) is 82.9 Å². The first-order valence-corrected chi connectivity index (χ1v) is 9.53. The van der Waals surface area contributed by atoms with Crippen LogP contribution in [-0.4, -0.2) is 20.7 Å². The Labute approximate surface area is 160 Å². The highest BCUT2D eigenvalue weighted by Gasteiger charge is 2.22. The van der Waals surface area contributed by atoms with E-state index in [2.05, 4.69) is 36.3 Å². The molecule has 5 nitrogen and oxygen atoms in total. The Hall–Kier alpha value is -2.95. The molecule has 27 heavy (non-hydrogen) atoms. The summed E-state index contributed by atoms with van der Waals surface area (Å²) in [6.07, 6.45) is 4.24. The van der Waals surface area contributed by atoms with Crippen LogP contribution in [0.15, 0.2) is 54.7 Å². The number of hydrogen-bond acceptors (Lipinski definition) is 3. The van der Waals surface area contributed by atoms with Gasteiger partial charge < -0.3 is 5.32 Å². The van der Waals surface area contributed by atoms with Gasteiger partial charge in [-0.15, -0.1) is 0 Å². The minimum Gasteiger partial charge on any atom is -0.346 e. The summed E-state index contributed by atoms with van der Waals surface area (Å²) in [6, 6.07) is 15.9. The van der Waals surface area contributed by atoms with Crippen molar-refractivity contribution >= 4 is 5.91 Å². The smallest absolute Gasteiger partial charge is 0.255 e. The van der Waals surface area contributed by atoms with Crippen LogP contribution >= 0.6 is 0 Å². The Morgan fingerprint density at radius 3 is 2.52 bits per heavy atom. The molecule has 0 saturated carbocycles. The predicted molar refractivity (Wildman–Crippen MR) is 107 cm³/mol. The van der Waals surface area contributed by atoms with E-state index in [9.17, 15) is 4.79 Å². The minimum atomic E-state index is -0.0692. The van der Waals surface area contributed by atoms with Crippen molar-refractivity contribution in [2.75, 3.05) is 0 Å². The Balaban J connectivity index is 1.86. The van der Waals surface area contributed by atoms with E-state index in [1.807, 2.05) is 41.1 Å². The van der Waals surface area contributed by atoms with E-state index in [1.165, 1.54) is 5.56 Å². The largest absolute Gasteiger partial charge is 0.346 e. The number of benzene rings is 1. The first-order valence-electron chi connectivity index (χ1n) is 9.53. The van der Waals surface area contributed by atoms with Crippen molar-refractivity contribution in [2.24, 2.45) is 0 Å². The molecule has 2 aromatic heterocycles. The van der Waals surface area contributed by atoms with Gasteiger partial charge in [0.1, 0.15) is 0 Å². The molecule has 0 fully saturated rings. The Morgan fingerprint density at radius 1 is 1.07 bits per heavy atom. The minimum absolute atomic E-state index is 0.0692. The topological polar surface area (TPSA) is 59.8 Å². The summed E-state index contributed by atoms with van der Waals surface area (Å²) in [6.45, 7) is 5.27. The molecule has 0 aliphatic carbocycles. The molecule has 0 aliphatic heterocycles. The molecule has 1 N–H and O–H groups in total. The fourth-order valence-corrected chi connectivity index (χ4v) is 3.23. The highest BCUT2D eigenvalue weighted by Crippen LogP contribution is 2.19. The lowest BCUT2D eigenvalue weighted by Gasteiger charge is -2.09. The van der Waals surface area contributed by atoms with Gasteiger partial charge in [-0.3, -0.25) is 14.5 Å². The molecule has 0 bridgehead atoms. The van der Waals surface area contributed by atoms with Gasteiger partial charge >= 0.3 is 0 Å². The van der Waals surface area contributed by atoms with Gasteiger partial charge in [0, 0.05) is 6.20 Å². The first kappa shape index (κ1) is 18.8. The van der Waals surface area contributed by atoms with Crippen LogP contribution in [0.2, 0.25) is 0 Å². The summed E-state index contributed by atoms with van der Waals surface area (Å²) in [4.78, 5) is 17.2. The zero-order valence-corrected chi connectivity index (χ0v) is 16.0. The van der Waals surface area contributed by atoms with Crippen LogP contribution in [0.3, 0.4) is 0 Å². The number of aromatic nitrogens is 3.